The molecule has 3 saturated heterocycles. The molecule has 0 radical (unpaired) electrons. The van der Waals surface area contributed by atoms with E-state index in [1.165, 1.54) is 7.11 Å². The van der Waals surface area contributed by atoms with Gasteiger partial charge in [0.05, 0.1) is 49.0 Å². The topological polar surface area (TPSA) is 158 Å². The maximum Gasteiger partial charge on any atom is 0.407 e. The third kappa shape index (κ3) is 8.53. The molecule has 4 atom stereocenters. The highest BCUT2D eigenvalue weighted by molar-refractivity contribution is 5.86. The lowest BCUT2D eigenvalue weighted by Gasteiger charge is -2.34. The molecule has 7 rings (SSSR count). The molecule has 3 amide bonds. The zero-order chi connectivity index (χ0) is 39.3. The van der Waals surface area contributed by atoms with Crippen molar-refractivity contribution in [3.8, 4) is 33.6 Å². The molecule has 2 aromatic heterocycles. The van der Waals surface area contributed by atoms with Crippen LogP contribution in [-0.2, 0) is 19.1 Å². The van der Waals surface area contributed by atoms with Crippen LogP contribution >= 0.6 is 0 Å². The van der Waals surface area contributed by atoms with Crippen molar-refractivity contribution in [2.75, 3.05) is 33.4 Å². The third-order valence-electron chi connectivity index (χ3n) is 11.6. The summed E-state index contributed by atoms with van der Waals surface area (Å²) in [4.78, 5) is 59.7. The molecular weight excluding hydrogens is 709 g/mol. The van der Waals surface area contributed by atoms with Crippen molar-refractivity contribution in [2.45, 2.75) is 96.4 Å². The molecule has 3 aliphatic heterocycles. The Hall–Kier alpha value is -5.01. The van der Waals surface area contributed by atoms with E-state index in [0.717, 1.165) is 104 Å². The van der Waals surface area contributed by atoms with Crippen LogP contribution < -0.4 is 10.6 Å². The Morgan fingerprint density at radius 3 is 1.59 bits per heavy atom. The second-order valence-corrected chi connectivity index (χ2v) is 16.0. The van der Waals surface area contributed by atoms with Gasteiger partial charge in [0.1, 0.15) is 17.7 Å². The fraction of sp³-hybridized carbons (Fsp3) is 0.512. The van der Waals surface area contributed by atoms with Crippen molar-refractivity contribution in [1.29, 1.82) is 0 Å². The molecule has 5 heterocycles. The van der Waals surface area contributed by atoms with Crippen molar-refractivity contribution in [2.24, 2.45) is 11.8 Å². The summed E-state index contributed by atoms with van der Waals surface area (Å²) in [7, 11) is 1.30. The average molecular weight is 765 g/mol. The molecule has 2 aromatic carbocycles. The van der Waals surface area contributed by atoms with Gasteiger partial charge in [-0.1, -0.05) is 76.2 Å². The fourth-order valence-electron chi connectivity index (χ4n) is 8.34. The standard InChI is InChI=1S/C43H56N8O5/c1-26(2)37(46-32-18-22-56-23-19-32)41(52)50-20-6-8-35(50)39-44-24-33(47-39)30-14-10-28(11-15-30)29-12-16-31(17-13-29)34-25-45-40(48-34)36-9-7-21-51(36)42(53)38(27(3)4)49-43(54)55-5/h10-17,24-27,32,35-38,46H,6-9,18-23H2,1-5H3,(H,44,47)(H,45,48)(H,49,54)/t35-,36?,37-,38-/m0/s1. The summed E-state index contributed by atoms with van der Waals surface area (Å²) in [5.74, 6) is 1.69. The molecule has 0 saturated carbocycles. The van der Waals surface area contributed by atoms with E-state index in [0.29, 0.717) is 12.6 Å². The highest BCUT2D eigenvalue weighted by Crippen LogP contribution is 2.35. The van der Waals surface area contributed by atoms with E-state index in [2.05, 4.69) is 88.0 Å². The molecule has 4 aromatic rings. The first-order chi connectivity index (χ1) is 27.1. The van der Waals surface area contributed by atoms with Gasteiger partial charge in [-0.2, -0.15) is 0 Å². The smallest absolute Gasteiger partial charge is 0.407 e. The highest BCUT2D eigenvalue weighted by atomic mass is 16.5. The minimum atomic E-state index is -0.677. The Kier molecular flexibility index (Phi) is 12.2. The van der Waals surface area contributed by atoms with Crippen molar-refractivity contribution < 1.29 is 23.9 Å². The SMILES string of the molecule is COC(=O)N[C@H](C(=O)N1CCCC1c1ncc(-c2ccc(-c3ccc(-c4cnc([C@@H]5CCCN5C(=O)[C@@H](NC5CCOCC5)C(C)C)[nH]4)cc3)cc2)[nH]1)C(C)C. The number of nitrogens with one attached hydrogen (secondary N) is 4. The van der Waals surface area contributed by atoms with Crippen LogP contribution in [-0.4, -0.2) is 99.2 Å². The summed E-state index contributed by atoms with van der Waals surface area (Å²) < 4.78 is 10.3. The van der Waals surface area contributed by atoms with Crippen LogP contribution in [0.3, 0.4) is 0 Å². The van der Waals surface area contributed by atoms with E-state index in [-0.39, 0.29) is 41.8 Å². The molecule has 0 aliphatic carbocycles. The van der Waals surface area contributed by atoms with Gasteiger partial charge in [0.2, 0.25) is 11.8 Å². The Balaban J connectivity index is 0.988. The molecule has 3 aliphatic rings. The summed E-state index contributed by atoms with van der Waals surface area (Å²) in [6, 6.07) is 15.9. The van der Waals surface area contributed by atoms with Crippen LogP contribution in [0.4, 0.5) is 4.79 Å². The minimum Gasteiger partial charge on any atom is -0.453 e. The molecule has 298 valence electrons. The zero-order valence-corrected chi connectivity index (χ0v) is 33.2. The van der Waals surface area contributed by atoms with Gasteiger partial charge in [-0.25, -0.2) is 14.8 Å². The summed E-state index contributed by atoms with van der Waals surface area (Å²) in [6.07, 6.45) is 8.45. The molecule has 4 N–H and O–H groups in total. The van der Waals surface area contributed by atoms with E-state index in [9.17, 15) is 14.4 Å². The van der Waals surface area contributed by atoms with Crippen LogP contribution in [0.1, 0.15) is 90.0 Å². The van der Waals surface area contributed by atoms with Crippen molar-refractivity contribution in [3.05, 3.63) is 72.6 Å². The predicted molar refractivity (Wildman–Crippen MR) is 214 cm³/mol. The molecular formula is C43H56N8O5. The molecule has 13 heteroatoms. The number of alkyl carbamates (subject to hydrolysis) is 1. The molecule has 13 nitrogen and oxygen atoms in total. The Morgan fingerprint density at radius 2 is 1.14 bits per heavy atom. The van der Waals surface area contributed by atoms with E-state index in [1.807, 2.05) is 36.0 Å². The third-order valence-corrected chi connectivity index (χ3v) is 11.6. The number of carbonyl (C=O) groups excluding carboxylic acids is 3. The first-order valence-electron chi connectivity index (χ1n) is 20.2. The van der Waals surface area contributed by atoms with Gasteiger partial charge in [0, 0.05) is 32.3 Å². The number of likely N-dealkylation sites (tertiary alicyclic amines) is 2. The Bertz CT molecular complexity index is 1950. The number of rotatable bonds is 12. The summed E-state index contributed by atoms with van der Waals surface area (Å²) >= 11 is 0. The first kappa shape index (κ1) is 39.2. The van der Waals surface area contributed by atoms with Gasteiger partial charge in [-0.3, -0.25) is 9.59 Å². The Morgan fingerprint density at radius 1 is 0.696 bits per heavy atom. The number of hydrogen-bond acceptors (Lipinski definition) is 8. The number of benzene rings is 2. The van der Waals surface area contributed by atoms with Crippen LogP contribution in [0, 0.1) is 11.8 Å². The first-order valence-corrected chi connectivity index (χ1v) is 20.2. The molecule has 0 bridgehead atoms. The number of imidazole rings is 2. The Labute approximate surface area is 329 Å². The number of ether oxygens (including phenoxy) is 2. The van der Waals surface area contributed by atoms with Gasteiger partial charge >= 0.3 is 6.09 Å². The van der Waals surface area contributed by atoms with E-state index >= 15 is 0 Å². The maximum atomic E-state index is 13.9. The van der Waals surface area contributed by atoms with E-state index in [4.69, 9.17) is 14.5 Å². The lowest BCUT2D eigenvalue weighted by Crippen LogP contribution is -2.53. The summed E-state index contributed by atoms with van der Waals surface area (Å²) in [6.45, 7) is 10.9. The normalized spacial score (nSPS) is 20.1. The fourth-order valence-corrected chi connectivity index (χ4v) is 8.34. The number of amides is 3. The monoisotopic (exact) mass is 764 g/mol. The number of aromatic amines is 2. The second-order valence-electron chi connectivity index (χ2n) is 16.0. The largest absolute Gasteiger partial charge is 0.453 e. The van der Waals surface area contributed by atoms with Crippen molar-refractivity contribution in [3.63, 3.8) is 0 Å². The van der Waals surface area contributed by atoms with Crippen LogP contribution in [0.25, 0.3) is 33.6 Å². The molecule has 56 heavy (non-hydrogen) atoms. The predicted octanol–water partition coefficient (Wildman–Crippen LogP) is 6.63. The lowest BCUT2D eigenvalue weighted by molar-refractivity contribution is -0.136. The minimum absolute atomic E-state index is 0.0649. The molecule has 0 spiro atoms. The van der Waals surface area contributed by atoms with Gasteiger partial charge in [0.25, 0.3) is 0 Å². The van der Waals surface area contributed by atoms with Crippen LogP contribution in [0.5, 0.6) is 0 Å². The van der Waals surface area contributed by atoms with Gasteiger partial charge in [-0.15, -0.1) is 0 Å². The molecule has 1 unspecified atom stereocenters. The summed E-state index contributed by atoms with van der Waals surface area (Å²) in [5, 5.41) is 6.37. The molecule has 3 fully saturated rings. The number of hydrogen-bond donors (Lipinski definition) is 4. The van der Waals surface area contributed by atoms with Gasteiger partial charge < -0.3 is 39.9 Å². The van der Waals surface area contributed by atoms with E-state index < -0.39 is 12.1 Å². The average Bonchev–Trinajstić information content (AvgIpc) is 4.06. The second kappa shape index (κ2) is 17.4. The quantitative estimate of drug-likeness (QED) is 0.125. The number of nitrogens with zero attached hydrogens (tertiary/aromatic N) is 4. The van der Waals surface area contributed by atoms with Gasteiger partial charge in [0.15, 0.2) is 0 Å². The van der Waals surface area contributed by atoms with Crippen LogP contribution in [0.15, 0.2) is 60.9 Å². The maximum absolute atomic E-state index is 13.9. The lowest BCUT2D eigenvalue weighted by atomic mass is 9.99. The van der Waals surface area contributed by atoms with E-state index in [1.54, 1.807) is 0 Å². The van der Waals surface area contributed by atoms with Gasteiger partial charge in [-0.05, 0) is 72.6 Å². The van der Waals surface area contributed by atoms with Crippen LogP contribution in [0.2, 0.25) is 0 Å². The highest BCUT2D eigenvalue weighted by Gasteiger charge is 2.39. The number of aromatic nitrogens is 4. The zero-order valence-electron chi connectivity index (χ0n) is 33.2. The number of methoxy groups -OCH3 is 1. The van der Waals surface area contributed by atoms with Crippen molar-refractivity contribution in [1.82, 2.24) is 40.4 Å². The summed E-state index contributed by atoms with van der Waals surface area (Å²) in [5.41, 5.74) is 6.02. The van der Waals surface area contributed by atoms with Crippen molar-refractivity contribution >= 4 is 17.9 Å². The number of H-pyrrole nitrogens is 2. The number of carbonyl (C=O) groups is 3.